The zero-order valence-corrected chi connectivity index (χ0v) is 15.0. The molecule has 4 N–H and O–H groups in total. The second kappa shape index (κ2) is 7.25. The molecule has 3 rings (SSSR count). The predicted molar refractivity (Wildman–Crippen MR) is 95.2 cm³/mol. The highest BCUT2D eigenvalue weighted by atomic mass is 16.5. The molecule has 7 heteroatoms. The molecule has 1 aromatic carbocycles. The van der Waals surface area contributed by atoms with Crippen LogP contribution in [0.25, 0.3) is 10.9 Å². The highest BCUT2D eigenvalue weighted by Gasteiger charge is 2.25. The molecule has 2 aromatic rings. The Balaban J connectivity index is 1.81. The standard InChI is InChI=1S/C18H24N4O3/c1-12-4-5-13-14(10-12)19-17(18(24)25-3)16(13)20-15(23)11-22-8-6-21(2)7-9-22/h4-5,10,19H,6-9,11H2,1-3H3,(H,20,23)/p+2. The predicted octanol–water partition coefficient (Wildman–Crippen LogP) is -1.39. The summed E-state index contributed by atoms with van der Waals surface area (Å²) < 4.78 is 4.85. The number of esters is 1. The number of piperazine rings is 1. The Morgan fingerprint density at radius 3 is 2.64 bits per heavy atom. The van der Waals surface area contributed by atoms with Crippen LogP contribution in [0.3, 0.4) is 0 Å². The van der Waals surface area contributed by atoms with Crippen LogP contribution in [0.15, 0.2) is 18.2 Å². The van der Waals surface area contributed by atoms with Crippen LogP contribution in [0.4, 0.5) is 5.69 Å². The summed E-state index contributed by atoms with van der Waals surface area (Å²) in [4.78, 5) is 30.5. The first-order valence-electron chi connectivity index (χ1n) is 8.63. The fourth-order valence-electron chi connectivity index (χ4n) is 3.31. The fourth-order valence-corrected chi connectivity index (χ4v) is 3.31. The maximum atomic E-state index is 12.5. The van der Waals surface area contributed by atoms with Crippen molar-refractivity contribution in [1.29, 1.82) is 0 Å². The van der Waals surface area contributed by atoms with Crippen LogP contribution in [0.1, 0.15) is 16.1 Å². The van der Waals surface area contributed by atoms with E-state index in [2.05, 4.69) is 17.3 Å². The summed E-state index contributed by atoms with van der Waals surface area (Å²) in [5.74, 6) is -0.569. The van der Waals surface area contributed by atoms with Crippen molar-refractivity contribution in [3.8, 4) is 0 Å². The van der Waals surface area contributed by atoms with Gasteiger partial charge in [-0.2, -0.15) is 0 Å². The van der Waals surface area contributed by atoms with Crippen molar-refractivity contribution >= 4 is 28.5 Å². The molecule has 1 aromatic heterocycles. The molecule has 0 atom stereocenters. The molecule has 0 spiro atoms. The van der Waals surface area contributed by atoms with Crippen LogP contribution in [0.2, 0.25) is 0 Å². The van der Waals surface area contributed by atoms with E-state index in [1.807, 2.05) is 25.1 Å². The zero-order chi connectivity index (χ0) is 18.0. The van der Waals surface area contributed by atoms with Gasteiger partial charge in [0.2, 0.25) is 0 Å². The molecular weight excluding hydrogens is 320 g/mol. The van der Waals surface area contributed by atoms with Gasteiger partial charge in [-0.05, 0) is 18.6 Å². The summed E-state index contributed by atoms with van der Waals surface area (Å²) in [6.45, 7) is 6.50. The van der Waals surface area contributed by atoms with E-state index in [9.17, 15) is 9.59 Å². The number of hydrogen-bond acceptors (Lipinski definition) is 3. The molecule has 1 aliphatic heterocycles. The van der Waals surface area contributed by atoms with Gasteiger partial charge in [0.15, 0.2) is 6.54 Å². The molecule has 0 saturated carbocycles. The van der Waals surface area contributed by atoms with Crippen molar-refractivity contribution in [2.75, 3.05) is 52.2 Å². The monoisotopic (exact) mass is 346 g/mol. The first kappa shape index (κ1) is 17.4. The quantitative estimate of drug-likeness (QED) is 0.515. The average Bonchev–Trinajstić information content (AvgIpc) is 2.93. The Morgan fingerprint density at radius 1 is 1.24 bits per heavy atom. The van der Waals surface area contributed by atoms with E-state index in [4.69, 9.17) is 4.74 Å². The zero-order valence-electron chi connectivity index (χ0n) is 15.0. The number of carbonyl (C=O) groups is 2. The molecule has 1 saturated heterocycles. The summed E-state index contributed by atoms with van der Waals surface area (Å²) in [5.41, 5.74) is 2.68. The van der Waals surface area contributed by atoms with Crippen LogP contribution in [-0.4, -0.2) is 63.7 Å². The Bertz CT molecular complexity index is 791. The van der Waals surface area contributed by atoms with Gasteiger partial charge in [0.25, 0.3) is 5.91 Å². The molecular formula is C18H26N4O3+2. The van der Waals surface area contributed by atoms with Crippen LogP contribution in [0.5, 0.6) is 0 Å². The third-order valence-electron chi connectivity index (χ3n) is 4.83. The number of likely N-dealkylation sites (N-methyl/N-ethyl adjacent to an activating group) is 1. The number of anilines is 1. The molecule has 0 radical (unpaired) electrons. The summed E-state index contributed by atoms with van der Waals surface area (Å²) in [5, 5.41) is 3.74. The smallest absolute Gasteiger partial charge is 0.356 e. The number of quaternary nitrogens is 2. The van der Waals surface area contributed by atoms with Gasteiger partial charge >= 0.3 is 5.97 Å². The summed E-state index contributed by atoms with van der Waals surface area (Å²) in [6.07, 6.45) is 0. The number of rotatable bonds is 4. The maximum Gasteiger partial charge on any atom is 0.356 e. The SMILES string of the molecule is COC(=O)c1[nH]c2cc(C)ccc2c1NC(=O)C[NH+]1CC[NH+](C)CC1. The van der Waals surface area contributed by atoms with Crippen molar-refractivity contribution in [2.45, 2.75) is 6.92 Å². The van der Waals surface area contributed by atoms with Crippen molar-refractivity contribution in [3.05, 3.63) is 29.5 Å². The van der Waals surface area contributed by atoms with E-state index < -0.39 is 5.97 Å². The van der Waals surface area contributed by atoms with Crippen LogP contribution < -0.4 is 15.1 Å². The number of hydrogen-bond donors (Lipinski definition) is 4. The number of ether oxygens (including phenoxy) is 1. The number of nitrogens with one attached hydrogen (secondary N) is 4. The van der Waals surface area contributed by atoms with Crippen LogP contribution in [-0.2, 0) is 9.53 Å². The summed E-state index contributed by atoms with van der Waals surface area (Å²) >= 11 is 0. The molecule has 134 valence electrons. The van der Waals surface area contributed by atoms with Gasteiger partial charge in [0.05, 0.1) is 19.8 Å². The Kier molecular flexibility index (Phi) is 5.06. The summed E-state index contributed by atoms with van der Waals surface area (Å²) in [6, 6.07) is 5.82. The number of benzene rings is 1. The normalized spacial score (nSPS) is 20.4. The first-order valence-corrected chi connectivity index (χ1v) is 8.63. The average molecular weight is 346 g/mol. The number of fused-ring (bicyclic) bond motifs is 1. The molecule has 2 heterocycles. The minimum absolute atomic E-state index is 0.0822. The Hall–Kier alpha value is -2.38. The van der Waals surface area contributed by atoms with Gasteiger partial charge in [-0.25, -0.2) is 4.79 Å². The van der Waals surface area contributed by atoms with Gasteiger partial charge in [-0.15, -0.1) is 0 Å². The highest BCUT2D eigenvalue weighted by Crippen LogP contribution is 2.29. The van der Waals surface area contributed by atoms with Gasteiger partial charge in [0.1, 0.15) is 31.9 Å². The van der Waals surface area contributed by atoms with E-state index in [0.29, 0.717) is 12.2 Å². The van der Waals surface area contributed by atoms with E-state index >= 15 is 0 Å². The van der Waals surface area contributed by atoms with Crippen molar-refractivity contribution in [3.63, 3.8) is 0 Å². The fraction of sp³-hybridized carbons (Fsp3) is 0.444. The number of aromatic amines is 1. The highest BCUT2D eigenvalue weighted by molar-refractivity contribution is 6.11. The largest absolute Gasteiger partial charge is 0.464 e. The lowest BCUT2D eigenvalue weighted by molar-refractivity contribution is -0.999. The Morgan fingerprint density at radius 2 is 1.96 bits per heavy atom. The molecule has 0 bridgehead atoms. The van der Waals surface area contributed by atoms with E-state index in [1.54, 1.807) is 0 Å². The van der Waals surface area contributed by atoms with E-state index in [1.165, 1.54) is 16.9 Å². The molecule has 0 aliphatic carbocycles. The lowest BCUT2D eigenvalue weighted by Crippen LogP contribution is -3.27. The molecule has 25 heavy (non-hydrogen) atoms. The van der Waals surface area contributed by atoms with Crippen molar-refractivity contribution in [1.82, 2.24) is 4.98 Å². The third-order valence-corrected chi connectivity index (χ3v) is 4.83. The second-order valence-electron chi connectivity index (χ2n) is 6.85. The number of amides is 1. The number of methoxy groups -OCH3 is 1. The van der Waals surface area contributed by atoms with Crippen LogP contribution >= 0.6 is 0 Å². The minimum atomic E-state index is -0.486. The maximum absolute atomic E-state index is 12.5. The second-order valence-corrected chi connectivity index (χ2v) is 6.85. The molecule has 0 unspecified atom stereocenters. The van der Waals surface area contributed by atoms with Crippen LogP contribution in [0, 0.1) is 6.92 Å². The molecule has 1 aliphatic rings. The van der Waals surface area contributed by atoms with Crippen molar-refractivity contribution < 1.29 is 24.1 Å². The number of aromatic nitrogens is 1. The van der Waals surface area contributed by atoms with E-state index in [0.717, 1.165) is 42.6 Å². The lowest BCUT2D eigenvalue weighted by atomic mass is 10.1. The van der Waals surface area contributed by atoms with Gasteiger partial charge < -0.3 is 24.8 Å². The molecule has 7 nitrogen and oxygen atoms in total. The third kappa shape index (κ3) is 3.83. The van der Waals surface area contributed by atoms with Gasteiger partial charge in [-0.3, -0.25) is 4.79 Å². The topological polar surface area (TPSA) is 80.1 Å². The van der Waals surface area contributed by atoms with Gasteiger partial charge in [0, 0.05) is 10.9 Å². The Labute approximate surface area is 146 Å². The first-order chi connectivity index (χ1) is 12.0. The lowest BCUT2D eigenvalue weighted by Gasteiger charge is -2.26. The van der Waals surface area contributed by atoms with E-state index in [-0.39, 0.29) is 11.6 Å². The minimum Gasteiger partial charge on any atom is -0.464 e. The van der Waals surface area contributed by atoms with Crippen molar-refractivity contribution in [2.24, 2.45) is 0 Å². The number of carbonyl (C=O) groups excluding carboxylic acids is 2. The molecule has 1 fully saturated rings. The number of aryl methyl sites for hydroxylation is 1. The number of H-pyrrole nitrogens is 1. The molecule has 1 amide bonds. The summed E-state index contributed by atoms with van der Waals surface area (Å²) in [7, 11) is 3.51. The van der Waals surface area contributed by atoms with Gasteiger partial charge in [-0.1, -0.05) is 12.1 Å².